The molecule has 6 nitrogen and oxygen atoms in total. The van der Waals surface area contributed by atoms with Gasteiger partial charge in [0.1, 0.15) is 11.6 Å². The van der Waals surface area contributed by atoms with E-state index in [2.05, 4.69) is 31.9 Å². The van der Waals surface area contributed by atoms with E-state index in [-0.39, 0.29) is 11.9 Å². The Morgan fingerprint density at radius 1 is 1.19 bits per heavy atom. The van der Waals surface area contributed by atoms with Crippen molar-refractivity contribution in [1.82, 2.24) is 19.9 Å². The van der Waals surface area contributed by atoms with Crippen LogP contribution in [0.25, 0.3) is 22.4 Å². The first-order valence-electron chi connectivity index (χ1n) is 9.02. The van der Waals surface area contributed by atoms with Crippen molar-refractivity contribution in [1.29, 1.82) is 0 Å². The van der Waals surface area contributed by atoms with Gasteiger partial charge in [0.15, 0.2) is 0 Å². The molecule has 0 spiro atoms. The molecule has 1 aromatic carbocycles. The molecule has 1 aliphatic heterocycles. The summed E-state index contributed by atoms with van der Waals surface area (Å²) in [4.78, 5) is 22.8. The van der Waals surface area contributed by atoms with E-state index in [1.807, 2.05) is 37.5 Å². The highest BCUT2D eigenvalue weighted by Crippen LogP contribution is 2.27. The van der Waals surface area contributed by atoms with Crippen LogP contribution in [-0.2, 0) is 11.8 Å². The van der Waals surface area contributed by atoms with E-state index >= 15 is 0 Å². The van der Waals surface area contributed by atoms with E-state index in [0.29, 0.717) is 0 Å². The van der Waals surface area contributed by atoms with E-state index in [0.717, 1.165) is 54.2 Å². The molecule has 134 valence electrons. The first kappa shape index (κ1) is 16.6. The number of imidazole rings is 1. The zero-order valence-electron chi connectivity index (χ0n) is 15.1. The molecule has 6 heteroatoms. The number of benzene rings is 1. The maximum Gasteiger partial charge on any atom is 0.217 e. The number of aryl methyl sites for hydroxylation is 1. The molecule has 2 aromatic heterocycles. The quantitative estimate of drug-likeness (QED) is 0.790. The van der Waals surface area contributed by atoms with Gasteiger partial charge in [-0.2, -0.15) is 0 Å². The highest BCUT2D eigenvalue weighted by atomic mass is 16.1. The summed E-state index contributed by atoms with van der Waals surface area (Å²) < 4.78 is 2.12. The molecule has 1 aliphatic rings. The van der Waals surface area contributed by atoms with Gasteiger partial charge in [0.05, 0.1) is 11.0 Å². The van der Waals surface area contributed by atoms with E-state index in [1.165, 1.54) is 0 Å². The number of carbonyl (C=O) groups excluding carboxylic acids is 1. The molecule has 0 bridgehead atoms. The van der Waals surface area contributed by atoms with E-state index in [4.69, 9.17) is 4.98 Å². The molecule has 3 aromatic rings. The third kappa shape index (κ3) is 3.14. The van der Waals surface area contributed by atoms with Crippen LogP contribution in [0.1, 0.15) is 19.8 Å². The number of piperidine rings is 1. The van der Waals surface area contributed by atoms with Gasteiger partial charge in [-0.25, -0.2) is 9.97 Å². The van der Waals surface area contributed by atoms with Gasteiger partial charge in [0.2, 0.25) is 5.91 Å². The van der Waals surface area contributed by atoms with Gasteiger partial charge in [-0.3, -0.25) is 4.79 Å². The molecule has 1 amide bonds. The van der Waals surface area contributed by atoms with E-state index in [1.54, 1.807) is 6.92 Å². The number of amides is 1. The van der Waals surface area contributed by atoms with Gasteiger partial charge >= 0.3 is 0 Å². The number of rotatable bonds is 3. The highest BCUT2D eigenvalue weighted by Gasteiger charge is 2.21. The topological polar surface area (TPSA) is 63.1 Å². The lowest BCUT2D eigenvalue weighted by molar-refractivity contribution is -0.119. The van der Waals surface area contributed by atoms with Crippen LogP contribution in [-0.4, -0.2) is 39.6 Å². The second-order valence-electron chi connectivity index (χ2n) is 6.85. The Morgan fingerprint density at radius 2 is 1.96 bits per heavy atom. The maximum atomic E-state index is 11.2. The number of para-hydroxylation sites is 2. The second-order valence-corrected chi connectivity index (χ2v) is 6.85. The van der Waals surface area contributed by atoms with Crippen LogP contribution >= 0.6 is 0 Å². The van der Waals surface area contributed by atoms with Crippen molar-refractivity contribution in [3.05, 3.63) is 42.6 Å². The molecule has 0 aliphatic carbocycles. The largest absolute Gasteiger partial charge is 0.356 e. The summed E-state index contributed by atoms with van der Waals surface area (Å²) in [5, 5.41) is 3.01. The monoisotopic (exact) mass is 349 g/mol. The highest BCUT2D eigenvalue weighted by molar-refractivity contribution is 5.80. The van der Waals surface area contributed by atoms with E-state index in [9.17, 15) is 4.79 Å². The van der Waals surface area contributed by atoms with Crippen molar-refractivity contribution < 1.29 is 4.79 Å². The Hall–Kier alpha value is -2.89. The molecular weight excluding hydrogens is 326 g/mol. The number of nitrogens with one attached hydrogen (secondary N) is 1. The zero-order valence-corrected chi connectivity index (χ0v) is 15.1. The average Bonchev–Trinajstić information content (AvgIpc) is 2.99. The predicted octanol–water partition coefficient (Wildman–Crippen LogP) is 2.74. The number of fused-ring (bicyclic) bond motifs is 1. The summed E-state index contributed by atoms with van der Waals surface area (Å²) in [5.74, 6) is 1.96. The van der Waals surface area contributed by atoms with Crippen molar-refractivity contribution in [2.24, 2.45) is 7.05 Å². The average molecular weight is 349 g/mol. The minimum Gasteiger partial charge on any atom is -0.356 e. The Labute approximate surface area is 152 Å². The Kier molecular flexibility index (Phi) is 4.32. The summed E-state index contributed by atoms with van der Waals surface area (Å²) in [6, 6.07) is 12.6. The number of anilines is 1. The minimum atomic E-state index is 0.0467. The molecule has 1 fully saturated rings. The second kappa shape index (κ2) is 6.78. The van der Waals surface area contributed by atoms with Crippen LogP contribution in [0.4, 0.5) is 5.82 Å². The van der Waals surface area contributed by atoms with Crippen molar-refractivity contribution in [3.63, 3.8) is 0 Å². The van der Waals surface area contributed by atoms with Crippen LogP contribution in [0, 0.1) is 0 Å². The number of nitrogens with zero attached hydrogens (tertiary/aromatic N) is 4. The minimum absolute atomic E-state index is 0.0467. The fourth-order valence-electron chi connectivity index (χ4n) is 3.67. The molecule has 4 rings (SSSR count). The zero-order chi connectivity index (χ0) is 18.1. The SMILES string of the molecule is CC(=O)NC1CCN(c2cc(-c3nc4ccccc4n3C)ccn2)CC1. The maximum absolute atomic E-state index is 11.2. The standard InChI is InChI=1S/C20H23N5O/c1-14(26)22-16-8-11-25(12-9-16)19-13-15(7-10-21-19)20-23-17-5-3-4-6-18(17)24(20)2/h3-7,10,13,16H,8-9,11-12H2,1-2H3,(H,22,26). The lowest BCUT2D eigenvalue weighted by Gasteiger charge is -2.33. The number of pyridine rings is 1. The Balaban J connectivity index is 1.57. The van der Waals surface area contributed by atoms with Crippen LogP contribution < -0.4 is 10.2 Å². The first-order chi connectivity index (χ1) is 12.6. The third-order valence-corrected chi connectivity index (χ3v) is 5.02. The van der Waals surface area contributed by atoms with Crippen molar-refractivity contribution in [2.45, 2.75) is 25.8 Å². The molecule has 26 heavy (non-hydrogen) atoms. The lowest BCUT2D eigenvalue weighted by atomic mass is 10.0. The summed E-state index contributed by atoms with van der Waals surface area (Å²) in [5.41, 5.74) is 3.19. The van der Waals surface area contributed by atoms with Gasteiger partial charge in [-0.1, -0.05) is 12.1 Å². The van der Waals surface area contributed by atoms with Gasteiger partial charge in [-0.05, 0) is 37.1 Å². The number of aromatic nitrogens is 3. The summed E-state index contributed by atoms with van der Waals surface area (Å²) >= 11 is 0. The molecule has 3 heterocycles. The molecule has 1 saturated heterocycles. The normalized spacial score (nSPS) is 15.4. The smallest absolute Gasteiger partial charge is 0.217 e. The summed E-state index contributed by atoms with van der Waals surface area (Å²) in [7, 11) is 2.05. The first-order valence-corrected chi connectivity index (χ1v) is 9.02. The fourth-order valence-corrected chi connectivity index (χ4v) is 3.67. The summed E-state index contributed by atoms with van der Waals surface area (Å²) in [6.07, 6.45) is 3.74. The van der Waals surface area contributed by atoms with Crippen molar-refractivity contribution in [2.75, 3.05) is 18.0 Å². The third-order valence-electron chi connectivity index (χ3n) is 5.02. The molecular formula is C20H23N5O. The van der Waals surface area contributed by atoms with Gasteiger partial charge < -0.3 is 14.8 Å². The van der Waals surface area contributed by atoms with Crippen molar-refractivity contribution in [3.8, 4) is 11.4 Å². The molecule has 0 saturated carbocycles. The number of carbonyl (C=O) groups is 1. The Morgan fingerprint density at radius 3 is 2.69 bits per heavy atom. The van der Waals surface area contributed by atoms with Crippen LogP contribution in [0.5, 0.6) is 0 Å². The fraction of sp³-hybridized carbons (Fsp3) is 0.350. The van der Waals surface area contributed by atoms with Gasteiger partial charge in [0.25, 0.3) is 0 Å². The summed E-state index contributed by atoms with van der Waals surface area (Å²) in [6.45, 7) is 3.36. The molecule has 0 atom stereocenters. The lowest BCUT2D eigenvalue weighted by Crippen LogP contribution is -2.44. The van der Waals surface area contributed by atoms with Crippen LogP contribution in [0.2, 0.25) is 0 Å². The van der Waals surface area contributed by atoms with Gasteiger partial charge in [-0.15, -0.1) is 0 Å². The van der Waals surface area contributed by atoms with E-state index < -0.39 is 0 Å². The molecule has 1 N–H and O–H groups in total. The van der Waals surface area contributed by atoms with Crippen LogP contribution in [0.3, 0.4) is 0 Å². The van der Waals surface area contributed by atoms with Crippen LogP contribution in [0.15, 0.2) is 42.6 Å². The molecule has 0 radical (unpaired) electrons. The number of hydrogen-bond acceptors (Lipinski definition) is 4. The Bertz CT molecular complexity index is 940. The predicted molar refractivity (Wildman–Crippen MR) is 103 cm³/mol. The molecule has 0 unspecified atom stereocenters. The van der Waals surface area contributed by atoms with Crippen molar-refractivity contribution >= 4 is 22.8 Å². The number of hydrogen-bond donors (Lipinski definition) is 1. The van der Waals surface area contributed by atoms with Gasteiger partial charge in [0, 0.05) is 44.9 Å².